The zero-order valence-electron chi connectivity index (χ0n) is 17.6. The molecule has 0 atom stereocenters. The average molecular weight is 458 g/mol. The third kappa shape index (κ3) is 4.22. The Balaban J connectivity index is 1.31. The highest BCUT2D eigenvalue weighted by molar-refractivity contribution is 7.90. The average Bonchev–Trinajstić information content (AvgIpc) is 3.23. The van der Waals surface area contributed by atoms with Gasteiger partial charge in [0.15, 0.2) is 9.84 Å². The van der Waals surface area contributed by atoms with Gasteiger partial charge >= 0.3 is 0 Å². The molecule has 0 spiro atoms. The molecule has 2 aliphatic rings. The largest absolute Gasteiger partial charge is 0.368 e. The fourth-order valence-corrected chi connectivity index (χ4v) is 5.83. The topological polar surface area (TPSA) is 68.8 Å². The molecule has 2 saturated heterocycles. The van der Waals surface area contributed by atoms with Crippen LogP contribution in [0.1, 0.15) is 0 Å². The summed E-state index contributed by atoms with van der Waals surface area (Å²) >= 11 is 1.76. The van der Waals surface area contributed by atoms with Crippen LogP contribution in [0, 0.1) is 0 Å². The monoisotopic (exact) mass is 457 g/mol. The molecule has 2 aliphatic heterocycles. The summed E-state index contributed by atoms with van der Waals surface area (Å²) in [4.78, 5) is 12.5. The summed E-state index contributed by atoms with van der Waals surface area (Å²) in [6, 6.07) is 11.6. The Bertz CT molecular complexity index is 1160. The Morgan fingerprint density at radius 2 is 1.55 bits per heavy atom. The maximum atomic E-state index is 11.7. The number of pyridine rings is 1. The standard InChI is InChI=1S/C22H27N5O2S2/c1-31(28,29)18-4-2-17(3-5-18)25-12-14-26(15-13-25)19-16-30-20-6-7-21(24-22(19)20)27-10-8-23-9-11-27/h2-7,16,23H,8-15H2,1H3. The van der Waals surface area contributed by atoms with Crippen molar-refractivity contribution in [1.82, 2.24) is 10.3 Å². The van der Waals surface area contributed by atoms with Crippen LogP contribution >= 0.6 is 11.3 Å². The van der Waals surface area contributed by atoms with E-state index >= 15 is 0 Å². The van der Waals surface area contributed by atoms with Crippen LogP contribution in [0.3, 0.4) is 0 Å². The van der Waals surface area contributed by atoms with Crippen LogP contribution in [0.4, 0.5) is 17.2 Å². The summed E-state index contributed by atoms with van der Waals surface area (Å²) in [6.45, 7) is 7.62. The van der Waals surface area contributed by atoms with Gasteiger partial charge in [0, 0.05) is 69.7 Å². The van der Waals surface area contributed by atoms with Gasteiger partial charge < -0.3 is 20.0 Å². The van der Waals surface area contributed by atoms with Gasteiger partial charge in [-0.05, 0) is 36.4 Å². The molecule has 2 aromatic heterocycles. The molecule has 0 amide bonds. The number of piperazine rings is 2. The molecule has 1 N–H and O–H groups in total. The van der Waals surface area contributed by atoms with Crippen LogP contribution in [0.25, 0.3) is 10.2 Å². The Morgan fingerprint density at radius 1 is 0.871 bits per heavy atom. The maximum Gasteiger partial charge on any atom is 0.175 e. The van der Waals surface area contributed by atoms with Gasteiger partial charge in [0.25, 0.3) is 0 Å². The molecule has 5 rings (SSSR count). The lowest BCUT2D eigenvalue weighted by molar-refractivity contribution is 0.585. The van der Waals surface area contributed by atoms with Gasteiger partial charge in [0.1, 0.15) is 11.3 Å². The minimum Gasteiger partial charge on any atom is -0.368 e. The van der Waals surface area contributed by atoms with Crippen molar-refractivity contribution in [3.63, 3.8) is 0 Å². The predicted molar refractivity (Wildman–Crippen MR) is 129 cm³/mol. The number of hydrogen-bond donors (Lipinski definition) is 1. The number of hydrogen-bond acceptors (Lipinski definition) is 8. The predicted octanol–water partition coefficient (Wildman–Crippen LogP) is 2.44. The molecule has 1 aromatic carbocycles. The second-order valence-electron chi connectivity index (χ2n) is 8.11. The molecule has 0 unspecified atom stereocenters. The fourth-order valence-electron chi connectivity index (χ4n) is 4.29. The number of fused-ring (bicyclic) bond motifs is 1. The van der Waals surface area contributed by atoms with Crippen molar-refractivity contribution in [3.05, 3.63) is 41.8 Å². The lowest BCUT2D eigenvalue weighted by atomic mass is 10.2. The van der Waals surface area contributed by atoms with Crippen LogP contribution in [0.2, 0.25) is 0 Å². The zero-order valence-corrected chi connectivity index (χ0v) is 19.3. The number of thiophene rings is 1. The molecule has 0 saturated carbocycles. The van der Waals surface area contributed by atoms with Crippen molar-refractivity contribution in [1.29, 1.82) is 0 Å². The molecule has 0 radical (unpaired) electrons. The van der Waals surface area contributed by atoms with E-state index in [1.165, 1.54) is 16.6 Å². The first kappa shape index (κ1) is 20.5. The molecular formula is C22H27N5O2S2. The molecule has 4 heterocycles. The number of nitrogens with zero attached hydrogens (tertiary/aromatic N) is 4. The van der Waals surface area contributed by atoms with Gasteiger partial charge in [-0.15, -0.1) is 11.3 Å². The number of rotatable bonds is 4. The SMILES string of the molecule is CS(=O)(=O)c1ccc(N2CCN(c3csc4ccc(N5CCNCC5)nc34)CC2)cc1. The smallest absolute Gasteiger partial charge is 0.175 e. The highest BCUT2D eigenvalue weighted by Crippen LogP contribution is 2.34. The van der Waals surface area contributed by atoms with Crippen LogP contribution in [0.5, 0.6) is 0 Å². The third-order valence-corrected chi connectivity index (χ3v) is 8.13. The summed E-state index contributed by atoms with van der Waals surface area (Å²) < 4.78 is 24.6. The Hall–Kier alpha value is -2.36. The minimum atomic E-state index is -3.16. The van der Waals surface area contributed by atoms with Crippen LogP contribution in [-0.2, 0) is 9.84 Å². The van der Waals surface area contributed by atoms with Crippen LogP contribution in [-0.4, -0.2) is 72.0 Å². The molecule has 0 aliphatic carbocycles. The van der Waals surface area contributed by atoms with E-state index in [1.54, 1.807) is 23.5 Å². The summed E-state index contributed by atoms with van der Waals surface area (Å²) in [6.07, 6.45) is 1.24. The molecular weight excluding hydrogens is 430 g/mol. The van der Waals surface area contributed by atoms with Gasteiger partial charge in [-0.25, -0.2) is 13.4 Å². The van der Waals surface area contributed by atoms with E-state index < -0.39 is 9.84 Å². The van der Waals surface area contributed by atoms with Crippen molar-refractivity contribution in [3.8, 4) is 0 Å². The Labute approximate surface area is 187 Å². The normalized spacial score (nSPS) is 18.0. The van der Waals surface area contributed by atoms with E-state index in [2.05, 4.69) is 37.5 Å². The summed E-state index contributed by atoms with van der Waals surface area (Å²) in [7, 11) is -3.16. The van der Waals surface area contributed by atoms with Crippen molar-refractivity contribution in [2.24, 2.45) is 0 Å². The Morgan fingerprint density at radius 3 is 2.23 bits per heavy atom. The molecule has 2 fully saturated rings. The van der Waals surface area contributed by atoms with E-state index in [9.17, 15) is 8.42 Å². The van der Waals surface area contributed by atoms with Crippen LogP contribution in [0.15, 0.2) is 46.7 Å². The minimum absolute atomic E-state index is 0.367. The molecule has 0 bridgehead atoms. The second kappa shape index (κ2) is 8.29. The van der Waals surface area contributed by atoms with Gasteiger partial charge in [0.2, 0.25) is 0 Å². The lowest BCUT2D eigenvalue weighted by Gasteiger charge is -2.37. The van der Waals surface area contributed by atoms with Gasteiger partial charge in [0.05, 0.1) is 15.3 Å². The highest BCUT2D eigenvalue weighted by atomic mass is 32.2. The van der Waals surface area contributed by atoms with Crippen LogP contribution < -0.4 is 20.0 Å². The van der Waals surface area contributed by atoms with E-state index in [0.29, 0.717) is 4.90 Å². The van der Waals surface area contributed by atoms with E-state index in [0.717, 1.165) is 69.4 Å². The zero-order chi connectivity index (χ0) is 21.4. The van der Waals surface area contributed by atoms with Crippen molar-refractivity contribution >= 4 is 48.6 Å². The number of benzene rings is 1. The van der Waals surface area contributed by atoms with E-state index in [4.69, 9.17) is 4.98 Å². The molecule has 31 heavy (non-hydrogen) atoms. The second-order valence-corrected chi connectivity index (χ2v) is 11.0. The lowest BCUT2D eigenvalue weighted by Crippen LogP contribution is -2.46. The number of anilines is 3. The third-order valence-electron chi connectivity index (χ3n) is 6.08. The molecule has 7 nitrogen and oxygen atoms in total. The molecule has 164 valence electrons. The van der Waals surface area contributed by atoms with Gasteiger partial charge in [-0.1, -0.05) is 0 Å². The quantitative estimate of drug-likeness (QED) is 0.645. The molecule has 3 aromatic rings. The number of aromatic nitrogens is 1. The summed E-state index contributed by atoms with van der Waals surface area (Å²) in [5.41, 5.74) is 3.40. The number of sulfone groups is 1. The number of nitrogens with one attached hydrogen (secondary N) is 1. The molecule has 9 heteroatoms. The Kier molecular flexibility index (Phi) is 5.49. The van der Waals surface area contributed by atoms with Crippen molar-refractivity contribution in [2.45, 2.75) is 4.90 Å². The van der Waals surface area contributed by atoms with Gasteiger partial charge in [-0.2, -0.15) is 0 Å². The highest BCUT2D eigenvalue weighted by Gasteiger charge is 2.22. The maximum absolute atomic E-state index is 11.7. The summed E-state index contributed by atoms with van der Waals surface area (Å²) in [5.74, 6) is 1.07. The van der Waals surface area contributed by atoms with E-state index in [-0.39, 0.29) is 0 Å². The van der Waals surface area contributed by atoms with Crippen molar-refractivity contribution in [2.75, 3.05) is 73.3 Å². The first-order valence-electron chi connectivity index (χ1n) is 10.6. The fraction of sp³-hybridized carbons (Fsp3) is 0.409. The first-order chi connectivity index (χ1) is 15.0. The van der Waals surface area contributed by atoms with E-state index in [1.807, 2.05) is 12.1 Å². The summed E-state index contributed by atoms with van der Waals surface area (Å²) in [5, 5.41) is 5.63. The van der Waals surface area contributed by atoms with Crippen molar-refractivity contribution < 1.29 is 8.42 Å². The van der Waals surface area contributed by atoms with Gasteiger partial charge in [-0.3, -0.25) is 0 Å². The first-order valence-corrected chi connectivity index (χ1v) is 13.4.